The Hall–Kier alpha value is -5.77. The predicted octanol–water partition coefficient (Wildman–Crippen LogP) is 7.15. The van der Waals surface area contributed by atoms with Crippen molar-refractivity contribution < 1.29 is 28.7 Å². The van der Waals surface area contributed by atoms with E-state index in [9.17, 15) is 14.4 Å². The lowest BCUT2D eigenvalue weighted by atomic mass is 9.81. The molecule has 3 fully saturated rings. The highest BCUT2D eigenvalue weighted by Gasteiger charge is 2.43. The van der Waals surface area contributed by atoms with E-state index in [0.29, 0.717) is 65.4 Å². The van der Waals surface area contributed by atoms with Crippen molar-refractivity contribution in [2.45, 2.75) is 82.2 Å². The molecule has 4 heterocycles. The number of imidazole rings is 1. The highest BCUT2D eigenvalue weighted by molar-refractivity contribution is 6.31. The van der Waals surface area contributed by atoms with Gasteiger partial charge in [0.05, 0.1) is 43.0 Å². The Kier molecular flexibility index (Phi) is 16.3. The van der Waals surface area contributed by atoms with E-state index in [4.69, 9.17) is 37.7 Å². The average molecular weight is 992 g/mol. The summed E-state index contributed by atoms with van der Waals surface area (Å²) >= 11 is 12.9. The summed E-state index contributed by atoms with van der Waals surface area (Å²) in [7, 11) is 7.76. The van der Waals surface area contributed by atoms with Crippen LogP contribution in [-0.2, 0) is 56.9 Å². The van der Waals surface area contributed by atoms with Crippen molar-refractivity contribution in [2.75, 3.05) is 54.0 Å². The zero-order chi connectivity index (χ0) is 49.5. The lowest BCUT2D eigenvalue weighted by molar-refractivity contribution is -0.147. The number of likely N-dealkylation sites (tertiary alicyclic amines) is 1. The van der Waals surface area contributed by atoms with Gasteiger partial charge < -0.3 is 39.4 Å². The van der Waals surface area contributed by atoms with Gasteiger partial charge in [0.15, 0.2) is 0 Å². The molecular formula is C54H64Cl2N8O6. The molecular weight excluding hydrogens is 928 g/mol. The molecule has 5 aromatic rings. The van der Waals surface area contributed by atoms with Crippen LogP contribution in [0, 0.1) is 5.92 Å². The van der Waals surface area contributed by atoms with E-state index < -0.39 is 41.3 Å². The maximum Gasteiger partial charge on any atom is 0.245 e. The molecule has 370 valence electrons. The molecule has 3 aliphatic rings. The van der Waals surface area contributed by atoms with Crippen molar-refractivity contribution in [1.29, 1.82) is 0 Å². The van der Waals surface area contributed by atoms with E-state index in [0.717, 1.165) is 54.3 Å². The molecule has 1 aromatic heterocycles. The summed E-state index contributed by atoms with van der Waals surface area (Å²) in [6, 6.07) is 28.3. The normalized spacial score (nSPS) is 22.8. The number of rotatable bonds is 14. The molecule has 14 nitrogen and oxygen atoms in total. The maximum absolute atomic E-state index is 15.0. The molecule has 1 unspecified atom stereocenters. The van der Waals surface area contributed by atoms with Crippen LogP contribution >= 0.6 is 23.2 Å². The molecule has 3 aliphatic heterocycles. The summed E-state index contributed by atoms with van der Waals surface area (Å²) in [5.41, 5.74) is 3.48. The van der Waals surface area contributed by atoms with Crippen LogP contribution in [0.15, 0.2) is 103 Å². The minimum atomic E-state index is -1.10. The number of halogens is 2. The highest BCUT2D eigenvalue weighted by atomic mass is 35.5. The first-order valence-electron chi connectivity index (χ1n) is 24.1. The zero-order valence-electron chi connectivity index (χ0n) is 40.7. The van der Waals surface area contributed by atoms with Crippen molar-refractivity contribution in [3.8, 4) is 22.8 Å². The predicted molar refractivity (Wildman–Crippen MR) is 271 cm³/mol. The number of amides is 4. The van der Waals surface area contributed by atoms with Crippen molar-refractivity contribution in [1.82, 2.24) is 39.8 Å². The van der Waals surface area contributed by atoms with Gasteiger partial charge >= 0.3 is 0 Å². The van der Waals surface area contributed by atoms with Crippen LogP contribution in [0.25, 0.3) is 11.3 Å². The molecule has 0 radical (unpaired) electrons. The number of methoxy groups -OCH3 is 1. The number of piperidine rings is 1. The van der Waals surface area contributed by atoms with E-state index in [1.165, 1.54) is 12.0 Å². The SMILES string of the molecule is COC[C@@H]1NC(=O)[C@H](C)N(Cc2ccc(Cl)cc2Oc2ccc(-c3cnc(CN4CCC(N(C)C)C4)n3C)cc2)C(=O)C[C@@H](Cc2ccccc2)C(=O)N2CCC[C@@](Cc3ccc(Cl)cc3)(C2)NC1=O. The van der Waals surface area contributed by atoms with Gasteiger partial charge in [-0.1, -0.05) is 71.7 Å². The Bertz CT molecular complexity index is 2630. The van der Waals surface area contributed by atoms with E-state index in [1.54, 1.807) is 42.2 Å². The fourth-order valence-electron chi connectivity index (χ4n) is 10.1. The number of aromatic nitrogens is 2. The van der Waals surface area contributed by atoms with E-state index in [-0.39, 0.29) is 32.0 Å². The molecule has 4 aromatic carbocycles. The number of benzene rings is 4. The van der Waals surface area contributed by atoms with Gasteiger partial charge in [0.25, 0.3) is 0 Å². The Morgan fingerprint density at radius 1 is 0.871 bits per heavy atom. The van der Waals surface area contributed by atoms with Gasteiger partial charge in [0.2, 0.25) is 23.6 Å². The topological polar surface area (TPSA) is 142 Å². The second kappa shape index (κ2) is 22.5. The second-order valence-electron chi connectivity index (χ2n) is 19.4. The molecule has 2 N–H and O–H groups in total. The Balaban J connectivity index is 1.07. The third-order valence-electron chi connectivity index (χ3n) is 14.1. The Labute approximate surface area is 421 Å². The van der Waals surface area contributed by atoms with Crippen LogP contribution in [0.3, 0.4) is 0 Å². The number of likely N-dealkylation sites (N-methyl/N-ethyl adjacent to an activating group) is 1. The van der Waals surface area contributed by atoms with Crippen molar-refractivity contribution in [3.63, 3.8) is 0 Å². The largest absolute Gasteiger partial charge is 0.457 e. The molecule has 2 bridgehead atoms. The minimum absolute atomic E-state index is 0.0661. The molecule has 3 saturated heterocycles. The molecule has 0 saturated carbocycles. The first-order valence-corrected chi connectivity index (χ1v) is 24.9. The van der Waals surface area contributed by atoms with E-state index in [2.05, 4.69) is 39.1 Å². The lowest BCUT2D eigenvalue weighted by Crippen LogP contribution is -2.65. The first kappa shape index (κ1) is 50.6. The summed E-state index contributed by atoms with van der Waals surface area (Å²) in [4.78, 5) is 71.6. The molecule has 70 heavy (non-hydrogen) atoms. The highest BCUT2D eigenvalue weighted by Crippen LogP contribution is 2.34. The fourth-order valence-corrected chi connectivity index (χ4v) is 10.4. The lowest BCUT2D eigenvalue weighted by Gasteiger charge is -2.45. The molecule has 0 aliphatic carbocycles. The van der Waals surface area contributed by atoms with E-state index in [1.807, 2.05) is 80.0 Å². The number of fused-ring (bicyclic) bond motifs is 2. The summed E-state index contributed by atoms with van der Waals surface area (Å²) in [5, 5.41) is 7.20. The number of hydrogen-bond donors (Lipinski definition) is 2. The van der Waals surface area contributed by atoms with Gasteiger partial charge in [-0.3, -0.25) is 24.1 Å². The zero-order valence-corrected chi connectivity index (χ0v) is 42.2. The third kappa shape index (κ3) is 12.2. The molecule has 4 amide bonds. The summed E-state index contributed by atoms with van der Waals surface area (Å²) in [5.74, 6) is -0.466. The minimum Gasteiger partial charge on any atom is -0.457 e. The Morgan fingerprint density at radius 2 is 1.61 bits per heavy atom. The fraction of sp³-hybridized carbons (Fsp3) is 0.426. The number of carbonyl (C=O) groups is 4. The van der Waals surface area contributed by atoms with Gasteiger partial charge in [-0.15, -0.1) is 0 Å². The number of hydrogen-bond acceptors (Lipinski definition) is 9. The smallest absolute Gasteiger partial charge is 0.245 e. The Morgan fingerprint density at radius 3 is 2.33 bits per heavy atom. The second-order valence-corrected chi connectivity index (χ2v) is 20.3. The number of ether oxygens (including phenoxy) is 2. The van der Waals surface area contributed by atoms with Crippen LogP contribution in [0.5, 0.6) is 11.5 Å². The third-order valence-corrected chi connectivity index (χ3v) is 14.6. The van der Waals surface area contributed by atoms with Crippen LogP contribution in [0.1, 0.15) is 55.1 Å². The van der Waals surface area contributed by atoms with E-state index >= 15 is 4.79 Å². The van der Waals surface area contributed by atoms with Crippen LogP contribution in [-0.4, -0.2) is 130 Å². The van der Waals surface area contributed by atoms with Crippen LogP contribution in [0.4, 0.5) is 0 Å². The van der Waals surface area contributed by atoms with Crippen molar-refractivity contribution >= 4 is 46.8 Å². The first-order chi connectivity index (χ1) is 33.7. The van der Waals surface area contributed by atoms with Crippen LogP contribution < -0.4 is 15.4 Å². The molecule has 8 rings (SSSR count). The van der Waals surface area contributed by atoms with Gasteiger partial charge in [-0.2, -0.15) is 0 Å². The summed E-state index contributed by atoms with van der Waals surface area (Å²) < 4.78 is 14.2. The van der Waals surface area contributed by atoms with Gasteiger partial charge in [-0.05, 0) is 113 Å². The van der Waals surface area contributed by atoms with Crippen molar-refractivity contribution in [3.05, 3.63) is 136 Å². The molecule has 0 spiro atoms. The van der Waals surface area contributed by atoms with Crippen LogP contribution in [0.2, 0.25) is 10.0 Å². The quantitative estimate of drug-likeness (QED) is 0.119. The standard InChI is InChI=1S/C54H64Cl2N8O6/c1-36-51(66)58-46(34-69-5)52(67)59-54(29-38-12-17-42(55)18-13-38)23-9-24-63(35-54)53(68)41(26-37-10-7-6-8-11-37)27-50(65)64(36)31-40-14-19-43(56)28-48(40)70-45-20-15-39(16-21-45)47-30-57-49(61(47)4)33-62-25-22-44(32-62)60(2)3/h6-8,10-21,28,30,36,41,44,46H,9,22-27,29,31-35H2,1-5H3,(H,58,66)(H,59,67)/t36-,41+,44?,46-,54+/m0/s1. The monoisotopic (exact) mass is 990 g/mol. The maximum atomic E-state index is 15.0. The number of nitrogens with zero attached hydrogens (tertiary/aromatic N) is 6. The number of carbonyl (C=O) groups excluding carboxylic acids is 4. The van der Waals surface area contributed by atoms with Gasteiger partial charge in [0.1, 0.15) is 29.4 Å². The molecule has 16 heteroatoms. The summed E-state index contributed by atoms with van der Waals surface area (Å²) in [6.45, 7) is 4.93. The molecule has 5 atom stereocenters. The van der Waals surface area contributed by atoms with Gasteiger partial charge in [-0.25, -0.2) is 4.98 Å². The number of nitrogens with one attached hydrogen (secondary N) is 2. The van der Waals surface area contributed by atoms with Gasteiger partial charge in [0, 0.05) is 74.0 Å². The average Bonchev–Trinajstić information content (AvgIpc) is 3.98. The summed E-state index contributed by atoms with van der Waals surface area (Å²) in [6.07, 6.45) is 4.78. The van der Waals surface area contributed by atoms with Crippen molar-refractivity contribution in [2.24, 2.45) is 13.0 Å².